The van der Waals surface area contributed by atoms with Gasteiger partial charge in [-0.1, -0.05) is 30.3 Å². The molecule has 0 bridgehead atoms. The number of benzene rings is 2. The van der Waals surface area contributed by atoms with Crippen LogP contribution in [0.5, 0.6) is 5.75 Å². The molecule has 0 aliphatic carbocycles. The van der Waals surface area contributed by atoms with Gasteiger partial charge in [-0.25, -0.2) is 4.99 Å². The zero-order valence-corrected chi connectivity index (χ0v) is 18.1. The van der Waals surface area contributed by atoms with Gasteiger partial charge in [0.05, 0.1) is 17.5 Å². The van der Waals surface area contributed by atoms with E-state index in [1.165, 1.54) is 26.4 Å². The fourth-order valence-corrected chi connectivity index (χ4v) is 3.78. The van der Waals surface area contributed by atoms with E-state index in [9.17, 15) is 15.4 Å². The van der Waals surface area contributed by atoms with E-state index in [1.54, 1.807) is 6.07 Å². The first kappa shape index (κ1) is 23.0. The van der Waals surface area contributed by atoms with Crippen molar-refractivity contribution in [3.05, 3.63) is 69.8 Å². The first-order valence-electron chi connectivity index (χ1n) is 9.93. The number of nitro benzene ring substituents is 1. The van der Waals surface area contributed by atoms with E-state index in [1.807, 2.05) is 43.4 Å². The van der Waals surface area contributed by atoms with Crippen LogP contribution >= 0.6 is 0 Å². The second kappa shape index (κ2) is 10.1. The molecule has 32 heavy (non-hydrogen) atoms. The molecule has 1 unspecified atom stereocenters. The summed E-state index contributed by atoms with van der Waals surface area (Å²) in [5.41, 5.74) is 0.586. The maximum Gasteiger partial charge on any atom is 0.270 e. The van der Waals surface area contributed by atoms with Crippen molar-refractivity contribution in [1.82, 2.24) is 10.6 Å². The van der Waals surface area contributed by atoms with Crippen LogP contribution in [0.25, 0.3) is 0 Å². The quantitative estimate of drug-likeness (QED) is 0.128. The highest BCUT2D eigenvalue weighted by Crippen LogP contribution is 2.43. The SMILES string of the molecule is COC(OC)[C@]1(C)CC(NC(=NCc2ccccc2)NC#N)c2cc([N+](=O)[O-])ccc2O1. The van der Waals surface area contributed by atoms with E-state index in [4.69, 9.17) is 14.2 Å². The smallest absolute Gasteiger partial charge is 0.270 e. The Morgan fingerprint density at radius 2 is 2.06 bits per heavy atom. The van der Waals surface area contributed by atoms with Crippen molar-refractivity contribution in [2.75, 3.05) is 14.2 Å². The summed E-state index contributed by atoms with van der Waals surface area (Å²) < 4.78 is 17.0. The molecule has 0 aromatic heterocycles. The lowest BCUT2D eigenvalue weighted by Crippen LogP contribution is -2.53. The Kier molecular flexibility index (Phi) is 7.25. The maximum absolute atomic E-state index is 11.3. The second-order valence-electron chi connectivity index (χ2n) is 7.49. The van der Waals surface area contributed by atoms with Crippen LogP contribution in [0.3, 0.4) is 0 Å². The number of guanidine groups is 1. The number of methoxy groups -OCH3 is 2. The molecule has 0 radical (unpaired) electrons. The van der Waals surface area contributed by atoms with E-state index >= 15 is 0 Å². The lowest BCUT2D eigenvalue weighted by Gasteiger charge is -2.43. The van der Waals surface area contributed by atoms with Crippen LogP contribution in [0.1, 0.15) is 30.5 Å². The van der Waals surface area contributed by atoms with E-state index in [-0.39, 0.29) is 11.6 Å². The summed E-state index contributed by atoms with van der Waals surface area (Å²) in [4.78, 5) is 15.3. The molecule has 2 aromatic rings. The molecule has 0 spiro atoms. The third-order valence-electron chi connectivity index (χ3n) is 5.21. The first-order valence-corrected chi connectivity index (χ1v) is 9.93. The molecule has 2 atom stereocenters. The zero-order valence-electron chi connectivity index (χ0n) is 18.1. The van der Waals surface area contributed by atoms with Crippen LogP contribution in [0.4, 0.5) is 5.69 Å². The van der Waals surface area contributed by atoms with Crippen molar-refractivity contribution in [2.24, 2.45) is 4.99 Å². The first-order chi connectivity index (χ1) is 15.4. The minimum absolute atomic E-state index is 0.0613. The highest BCUT2D eigenvalue weighted by atomic mass is 16.7. The molecule has 0 fully saturated rings. The third-order valence-corrected chi connectivity index (χ3v) is 5.21. The summed E-state index contributed by atoms with van der Waals surface area (Å²) in [5.74, 6) is 0.703. The number of ether oxygens (including phenoxy) is 3. The standard InChI is InChI=1S/C22H25N5O5/c1-22(20(30-2)31-3)12-18(17-11-16(27(28)29)9-10-19(17)32-22)26-21(25-14-23)24-13-15-7-5-4-6-8-15/h4-11,18,20H,12-13H2,1-3H3,(H2,24,25,26)/t18?,22-/m0/s1. The largest absolute Gasteiger partial charge is 0.482 e. The number of hydrogen-bond donors (Lipinski definition) is 2. The van der Waals surface area contributed by atoms with E-state index in [0.29, 0.717) is 24.3 Å². The normalized spacial score (nSPS) is 20.1. The van der Waals surface area contributed by atoms with Gasteiger partial charge in [0.2, 0.25) is 5.96 Å². The molecule has 1 aliphatic rings. The fourth-order valence-electron chi connectivity index (χ4n) is 3.78. The zero-order chi connectivity index (χ0) is 23.1. The van der Waals surface area contributed by atoms with Gasteiger partial charge in [-0.05, 0) is 18.6 Å². The molecular formula is C22H25N5O5. The van der Waals surface area contributed by atoms with E-state index in [0.717, 1.165) is 5.56 Å². The molecule has 2 N–H and O–H groups in total. The Bertz CT molecular complexity index is 1020. The summed E-state index contributed by atoms with van der Waals surface area (Å²) in [6.07, 6.45) is 1.53. The van der Waals surface area contributed by atoms with Gasteiger partial charge >= 0.3 is 0 Å². The number of rotatable bonds is 7. The average molecular weight is 439 g/mol. The molecule has 3 rings (SSSR count). The van der Waals surface area contributed by atoms with Crippen molar-refractivity contribution in [3.8, 4) is 11.9 Å². The van der Waals surface area contributed by atoms with Gasteiger partial charge in [0, 0.05) is 38.3 Å². The number of hydrogen-bond acceptors (Lipinski definition) is 7. The van der Waals surface area contributed by atoms with Gasteiger partial charge in [0.15, 0.2) is 18.1 Å². The highest BCUT2D eigenvalue weighted by Gasteiger charge is 2.45. The molecule has 10 heteroatoms. The van der Waals surface area contributed by atoms with Crippen LogP contribution in [-0.2, 0) is 16.0 Å². The van der Waals surface area contributed by atoms with Gasteiger partial charge in [-0.2, -0.15) is 5.26 Å². The summed E-state index contributed by atoms with van der Waals surface area (Å²) in [6.45, 7) is 2.18. The van der Waals surface area contributed by atoms with E-state index < -0.39 is 22.9 Å². The predicted octanol–water partition coefficient (Wildman–Crippen LogP) is 3.01. The van der Waals surface area contributed by atoms with Crippen molar-refractivity contribution in [2.45, 2.75) is 37.8 Å². The Morgan fingerprint density at radius 3 is 2.69 bits per heavy atom. The van der Waals surface area contributed by atoms with Crippen LogP contribution in [-0.4, -0.2) is 37.0 Å². The molecule has 2 aromatic carbocycles. The number of fused-ring (bicyclic) bond motifs is 1. The average Bonchev–Trinajstić information content (AvgIpc) is 2.78. The Labute approximate surface area is 186 Å². The number of aliphatic imine (C=N–C) groups is 1. The van der Waals surface area contributed by atoms with E-state index in [2.05, 4.69) is 15.6 Å². The number of nitrogens with zero attached hydrogens (tertiary/aromatic N) is 3. The van der Waals surface area contributed by atoms with Gasteiger partial charge in [0.1, 0.15) is 5.75 Å². The molecular weight excluding hydrogens is 414 g/mol. The summed E-state index contributed by atoms with van der Waals surface area (Å²) in [5, 5.41) is 26.3. The summed E-state index contributed by atoms with van der Waals surface area (Å²) in [7, 11) is 3.03. The second-order valence-corrected chi connectivity index (χ2v) is 7.49. The highest BCUT2D eigenvalue weighted by molar-refractivity contribution is 5.81. The third kappa shape index (κ3) is 5.14. The molecule has 0 saturated carbocycles. The van der Waals surface area contributed by atoms with Crippen molar-refractivity contribution in [3.63, 3.8) is 0 Å². The Hall–Kier alpha value is -3.68. The van der Waals surface area contributed by atoms with Crippen molar-refractivity contribution >= 4 is 11.6 Å². The summed E-state index contributed by atoms with van der Waals surface area (Å²) >= 11 is 0. The topological polar surface area (TPSA) is 131 Å². The van der Waals surface area contributed by atoms with Gasteiger partial charge < -0.3 is 19.5 Å². The Morgan fingerprint density at radius 1 is 1.34 bits per heavy atom. The summed E-state index contributed by atoms with van der Waals surface area (Å²) in [6, 6.07) is 13.5. The minimum atomic E-state index is -0.901. The predicted molar refractivity (Wildman–Crippen MR) is 117 cm³/mol. The molecule has 10 nitrogen and oxygen atoms in total. The van der Waals surface area contributed by atoms with Crippen LogP contribution in [0.15, 0.2) is 53.5 Å². The minimum Gasteiger partial charge on any atom is -0.482 e. The van der Waals surface area contributed by atoms with Crippen LogP contribution < -0.4 is 15.4 Å². The molecule has 0 saturated heterocycles. The van der Waals surface area contributed by atoms with Gasteiger partial charge in [-0.15, -0.1) is 0 Å². The maximum atomic E-state index is 11.3. The van der Waals surface area contributed by atoms with Gasteiger partial charge in [-0.3, -0.25) is 15.4 Å². The number of nitro groups is 1. The van der Waals surface area contributed by atoms with Gasteiger partial charge in [0.25, 0.3) is 5.69 Å². The lowest BCUT2D eigenvalue weighted by atomic mass is 9.87. The van der Waals surface area contributed by atoms with Crippen LogP contribution in [0.2, 0.25) is 0 Å². The molecule has 168 valence electrons. The van der Waals surface area contributed by atoms with Crippen LogP contribution in [0, 0.1) is 21.6 Å². The number of nitriles is 1. The molecule has 1 aliphatic heterocycles. The number of nitrogens with one attached hydrogen (secondary N) is 2. The molecule has 0 amide bonds. The lowest BCUT2D eigenvalue weighted by molar-refractivity contribution is -0.385. The Balaban J connectivity index is 1.96. The monoisotopic (exact) mass is 439 g/mol. The van der Waals surface area contributed by atoms with Crippen molar-refractivity contribution < 1.29 is 19.1 Å². The number of non-ortho nitro benzene ring substituents is 1. The fraction of sp³-hybridized carbons (Fsp3) is 0.364. The van der Waals surface area contributed by atoms with Crippen molar-refractivity contribution in [1.29, 1.82) is 5.26 Å². The molecule has 1 heterocycles.